The number of nitrogens with zero attached hydrogens (tertiary/aromatic N) is 1. The molecule has 1 aliphatic rings. The second kappa shape index (κ2) is 9.11. The third-order valence-electron chi connectivity index (χ3n) is 4.02. The van der Waals surface area contributed by atoms with Crippen LogP contribution in [0.3, 0.4) is 0 Å². The molecule has 2 rings (SSSR count). The van der Waals surface area contributed by atoms with Crippen LogP contribution >= 0.6 is 0 Å². The van der Waals surface area contributed by atoms with Crippen molar-refractivity contribution in [3.8, 4) is 0 Å². The lowest BCUT2D eigenvalue weighted by Crippen LogP contribution is -2.36. The van der Waals surface area contributed by atoms with Crippen molar-refractivity contribution in [3.63, 3.8) is 0 Å². The Morgan fingerprint density at radius 3 is 2.90 bits per heavy atom. The zero-order chi connectivity index (χ0) is 14.0. The predicted octanol–water partition coefficient (Wildman–Crippen LogP) is 2.10. The lowest BCUT2D eigenvalue weighted by Gasteiger charge is -2.23. The fourth-order valence-electron chi connectivity index (χ4n) is 2.85. The Labute approximate surface area is 123 Å². The second-order valence-corrected chi connectivity index (χ2v) is 5.99. The van der Waals surface area contributed by atoms with Crippen molar-refractivity contribution >= 4 is 0 Å². The van der Waals surface area contributed by atoms with E-state index in [0.29, 0.717) is 0 Å². The molecule has 0 spiro atoms. The summed E-state index contributed by atoms with van der Waals surface area (Å²) in [7, 11) is 2.21. The van der Waals surface area contributed by atoms with E-state index in [1.54, 1.807) is 0 Å². The van der Waals surface area contributed by atoms with Crippen LogP contribution in [0, 0.1) is 5.92 Å². The zero-order valence-electron chi connectivity index (χ0n) is 12.8. The van der Waals surface area contributed by atoms with Gasteiger partial charge in [-0.15, -0.1) is 0 Å². The quantitative estimate of drug-likeness (QED) is 0.712. The highest BCUT2D eigenvalue weighted by Crippen LogP contribution is 2.08. The minimum atomic E-state index is 0.839. The minimum absolute atomic E-state index is 0.839. The first-order valence-electron chi connectivity index (χ1n) is 7.98. The monoisotopic (exact) mass is 275 g/mol. The van der Waals surface area contributed by atoms with Gasteiger partial charge in [-0.1, -0.05) is 30.3 Å². The Kier molecular flexibility index (Phi) is 7.06. The maximum absolute atomic E-state index is 3.61. The summed E-state index contributed by atoms with van der Waals surface area (Å²) in [6.45, 7) is 6.92. The van der Waals surface area contributed by atoms with Crippen LogP contribution in [0.2, 0.25) is 0 Å². The van der Waals surface area contributed by atoms with E-state index in [4.69, 9.17) is 0 Å². The van der Waals surface area contributed by atoms with Gasteiger partial charge >= 0.3 is 0 Å². The summed E-state index contributed by atoms with van der Waals surface area (Å²) in [6.07, 6.45) is 3.95. The number of hydrogen-bond acceptors (Lipinski definition) is 3. The molecule has 1 atom stereocenters. The van der Waals surface area contributed by atoms with Crippen LogP contribution in [0.4, 0.5) is 0 Å². The molecular formula is C17H29N3. The molecular weight excluding hydrogens is 246 g/mol. The molecule has 112 valence electrons. The normalized spacial score (nSPS) is 19.4. The van der Waals surface area contributed by atoms with Gasteiger partial charge in [0.1, 0.15) is 0 Å². The molecule has 1 aliphatic heterocycles. The summed E-state index contributed by atoms with van der Waals surface area (Å²) >= 11 is 0. The summed E-state index contributed by atoms with van der Waals surface area (Å²) in [5, 5.41) is 7.08. The molecule has 0 aliphatic carbocycles. The Morgan fingerprint density at radius 2 is 2.15 bits per heavy atom. The highest BCUT2D eigenvalue weighted by molar-refractivity contribution is 5.14. The summed E-state index contributed by atoms with van der Waals surface area (Å²) in [4.78, 5) is 2.40. The molecule has 0 saturated carbocycles. The molecule has 1 fully saturated rings. The van der Waals surface area contributed by atoms with E-state index < -0.39 is 0 Å². The summed E-state index contributed by atoms with van der Waals surface area (Å²) in [6, 6.07) is 10.7. The van der Waals surface area contributed by atoms with Gasteiger partial charge in [-0.05, 0) is 70.5 Å². The van der Waals surface area contributed by atoms with Crippen LogP contribution in [0.5, 0.6) is 0 Å². The van der Waals surface area contributed by atoms with Crippen molar-refractivity contribution in [1.29, 1.82) is 0 Å². The number of rotatable bonds is 8. The van der Waals surface area contributed by atoms with E-state index in [0.717, 1.165) is 25.6 Å². The van der Waals surface area contributed by atoms with Crippen molar-refractivity contribution < 1.29 is 0 Å². The Hall–Kier alpha value is -0.900. The fraction of sp³-hybridized carbons (Fsp3) is 0.647. The number of piperidine rings is 1. The fourth-order valence-corrected chi connectivity index (χ4v) is 2.85. The Balaban J connectivity index is 1.50. The zero-order valence-corrected chi connectivity index (χ0v) is 12.8. The molecule has 0 bridgehead atoms. The summed E-state index contributed by atoms with van der Waals surface area (Å²) in [5.41, 5.74) is 1.40. The minimum Gasteiger partial charge on any atom is -0.316 e. The van der Waals surface area contributed by atoms with Gasteiger partial charge in [0.05, 0.1) is 0 Å². The predicted molar refractivity (Wildman–Crippen MR) is 85.9 cm³/mol. The third kappa shape index (κ3) is 6.04. The molecule has 0 aromatic heterocycles. The van der Waals surface area contributed by atoms with Gasteiger partial charge in [0, 0.05) is 6.54 Å². The van der Waals surface area contributed by atoms with Crippen molar-refractivity contribution in [1.82, 2.24) is 15.5 Å². The largest absolute Gasteiger partial charge is 0.316 e. The molecule has 1 aromatic rings. The molecule has 3 heteroatoms. The number of hydrogen-bond donors (Lipinski definition) is 2. The van der Waals surface area contributed by atoms with Gasteiger partial charge < -0.3 is 15.5 Å². The van der Waals surface area contributed by atoms with Crippen molar-refractivity contribution in [2.75, 3.05) is 39.8 Å². The van der Waals surface area contributed by atoms with Crippen LogP contribution in [-0.2, 0) is 6.54 Å². The molecule has 1 unspecified atom stereocenters. The molecule has 0 radical (unpaired) electrons. The van der Waals surface area contributed by atoms with Gasteiger partial charge in [0.25, 0.3) is 0 Å². The van der Waals surface area contributed by atoms with Crippen molar-refractivity contribution in [2.24, 2.45) is 5.92 Å². The maximum Gasteiger partial charge on any atom is 0.0230 e. The molecule has 1 heterocycles. The van der Waals surface area contributed by atoms with Crippen LogP contribution in [0.25, 0.3) is 0 Å². The molecule has 1 aromatic carbocycles. The SMILES string of the molecule is CN(CCCNCC1CCCNC1)Cc1ccccc1. The second-order valence-electron chi connectivity index (χ2n) is 5.99. The van der Waals surface area contributed by atoms with Crippen LogP contribution < -0.4 is 10.6 Å². The molecule has 3 nitrogen and oxygen atoms in total. The first kappa shape index (κ1) is 15.5. The Morgan fingerprint density at radius 1 is 1.30 bits per heavy atom. The molecule has 2 N–H and O–H groups in total. The average Bonchev–Trinajstić information content (AvgIpc) is 2.49. The van der Waals surface area contributed by atoms with Gasteiger partial charge in [0.2, 0.25) is 0 Å². The standard InChI is InChI=1S/C17H29N3/c1-20(15-16-7-3-2-4-8-16)12-6-11-19-14-17-9-5-10-18-13-17/h2-4,7-8,17-19H,5-6,9-15H2,1H3. The molecule has 1 saturated heterocycles. The van der Waals surface area contributed by atoms with E-state index in [2.05, 4.69) is 52.9 Å². The van der Waals surface area contributed by atoms with E-state index in [1.807, 2.05) is 0 Å². The number of nitrogens with one attached hydrogen (secondary N) is 2. The topological polar surface area (TPSA) is 27.3 Å². The summed E-state index contributed by atoms with van der Waals surface area (Å²) < 4.78 is 0. The lowest BCUT2D eigenvalue weighted by molar-refractivity contribution is 0.313. The van der Waals surface area contributed by atoms with E-state index in [-0.39, 0.29) is 0 Å². The lowest BCUT2D eigenvalue weighted by atomic mass is 10.00. The summed E-state index contributed by atoms with van der Waals surface area (Å²) in [5.74, 6) is 0.839. The number of benzene rings is 1. The highest BCUT2D eigenvalue weighted by atomic mass is 15.1. The van der Waals surface area contributed by atoms with Gasteiger partial charge in [-0.2, -0.15) is 0 Å². The highest BCUT2D eigenvalue weighted by Gasteiger charge is 2.11. The van der Waals surface area contributed by atoms with Crippen molar-refractivity contribution in [2.45, 2.75) is 25.8 Å². The maximum atomic E-state index is 3.61. The van der Waals surface area contributed by atoms with Crippen molar-refractivity contribution in [3.05, 3.63) is 35.9 Å². The van der Waals surface area contributed by atoms with Crippen LogP contribution in [0.1, 0.15) is 24.8 Å². The van der Waals surface area contributed by atoms with Gasteiger partial charge in [-0.25, -0.2) is 0 Å². The smallest absolute Gasteiger partial charge is 0.0230 e. The first-order valence-corrected chi connectivity index (χ1v) is 7.98. The molecule has 0 amide bonds. The Bertz CT molecular complexity index is 347. The van der Waals surface area contributed by atoms with E-state index in [9.17, 15) is 0 Å². The van der Waals surface area contributed by atoms with Gasteiger partial charge in [0.15, 0.2) is 0 Å². The molecule has 20 heavy (non-hydrogen) atoms. The average molecular weight is 275 g/mol. The van der Waals surface area contributed by atoms with E-state index in [1.165, 1.54) is 44.5 Å². The van der Waals surface area contributed by atoms with Crippen LogP contribution in [0.15, 0.2) is 30.3 Å². The first-order chi connectivity index (χ1) is 9.84. The third-order valence-corrected chi connectivity index (χ3v) is 4.02. The van der Waals surface area contributed by atoms with Gasteiger partial charge in [-0.3, -0.25) is 0 Å². The van der Waals surface area contributed by atoms with Crippen LogP contribution in [-0.4, -0.2) is 44.7 Å². The van der Waals surface area contributed by atoms with E-state index >= 15 is 0 Å².